The minimum absolute atomic E-state index is 0.362. The molecule has 5 heteroatoms. The second-order valence-electron chi connectivity index (χ2n) is 9.34. The molecule has 2 heterocycles. The number of hydrogen-bond donors (Lipinski definition) is 2. The number of rotatable bonds is 6. The smallest absolute Gasteiger partial charge is 0.128 e. The van der Waals surface area contributed by atoms with Crippen LogP contribution in [0.1, 0.15) is 68.0 Å². The molecule has 3 N–H and O–H groups in total. The van der Waals surface area contributed by atoms with Gasteiger partial charge in [0, 0.05) is 23.3 Å². The average molecular weight is 407 g/mol. The van der Waals surface area contributed by atoms with Crippen LogP contribution < -0.4 is 15.4 Å². The summed E-state index contributed by atoms with van der Waals surface area (Å²) in [5.74, 6) is 1.70. The van der Waals surface area contributed by atoms with Gasteiger partial charge >= 0.3 is 0 Å². The summed E-state index contributed by atoms with van der Waals surface area (Å²) in [6.45, 7) is 5.86. The SMILES string of the molecule is CCc1ccc(OCC2CC2)c(C2=NCN(C3CCC(N)CC3)c3cc(C)[nH]c32)c1. The number of fused-ring (bicyclic) bond motifs is 1. The van der Waals surface area contributed by atoms with Crippen LogP contribution in [0.2, 0.25) is 0 Å². The summed E-state index contributed by atoms with van der Waals surface area (Å²) in [7, 11) is 0. The van der Waals surface area contributed by atoms with Crippen LogP contribution in [0.5, 0.6) is 5.75 Å². The lowest BCUT2D eigenvalue weighted by Crippen LogP contribution is -2.43. The fraction of sp³-hybridized carbons (Fsp3) is 0.560. The Morgan fingerprint density at radius 1 is 1.13 bits per heavy atom. The summed E-state index contributed by atoms with van der Waals surface area (Å²) in [6.07, 6.45) is 8.11. The number of aliphatic imine (C=N–C) groups is 1. The van der Waals surface area contributed by atoms with Crippen LogP contribution in [0.4, 0.5) is 5.69 Å². The minimum atomic E-state index is 0.362. The highest BCUT2D eigenvalue weighted by atomic mass is 16.5. The number of aryl methyl sites for hydroxylation is 2. The molecular formula is C25H34N4O. The van der Waals surface area contributed by atoms with E-state index in [4.69, 9.17) is 15.5 Å². The maximum Gasteiger partial charge on any atom is 0.128 e. The summed E-state index contributed by atoms with van der Waals surface area (Å²) in [5, 5.41) is 0. The lowest BCUT2D eigenvalue weighted by atomic mass is 9.90. The Morgan fingerprint density at radius 3 is 2.67 bits per heavy atom. The van der Waals surface area contributed by atoms with Gasteiger partial charge in [0.25, 0.3) is 0 Å². The zero-order valence-corrected chi connectivity index (χ0v) is 18.3. The Bertz CT molecular complexity index is 935. The van der Waals surface area contributed by atoms with Crippen molar-refractivity contribution in [2.24, 2.45) is 16.6 Å². The van der Waals surface area contributed by atoms with Gasteiger partial charge in [0.2, 0.25) is 0 Å². The van der Waals surface area contributed by atoms with Gasteiger partial charge in [-0.15, -0.1) is 0 Å². The molecule has 1 aromatic carbocycles. The van der Waals surface area contributed by atoms with E-state index in [1.165, 1.54) is 29.8 Å². The van der Waals surface area contributed by atoms with Gasteiger partial charge in [-0.2, -0.15) is 0 Å². The molecule has 2 aromatic rings. The number of nitrogens with zero attached hydrogens (tertiary/aromatic N) is 2. The highest BCUT2D eigenvalue weighted by molar-refractivity contribution is 6.17. The van der Waals surface area contributed by atoms with Gasteiger partial charge in [-0.3, -0.25) is 4.99 Å². The van der Waals surface area contributed by atoms with Crippen molar-refractivity contribution in [3.63, 3.8) is 0 Å². The van der Waals surface area contributed by atoms with E-state index in [0.717, 1.165) is 67.3 Å². The van der Waals surface area contributed by atoms with Crippen LogP contribution in [0.25, 0.3) is 0 Å². The fourth-order valence-corrected chi connectivity index (χ4v) is 4.83. The number of aromatic nitrogens is 1. The zero-order valence-electron chi connectivity index (χ0n) is 18.3. The van der Waals surface area contributed by atoms with E-state index in [0.29, 0.717) is 18.8 Å². The Morgan fingerprint density at radius 2 is 1.93 bits per heavy atom. The number of H-pyrrole nitrogens is 1. The van der Waals surface area contributed by atoms with Crippen molar-refractivity contribution in [2.75, 3.05) is 18.2 Å². The van der Waals surface area contributed by atoms with E-state index in [1.54, 1.807) is 0 Å². The molecule has 0 atom stereocenters. The number of aromatic amines is 1. The van der Waals surface area contributed by atoms with Crippen LogP contribution in [-0.4, -0.2) is 36.1 Å². The maximum atomic E-state index is 6.27. The Labute approximate surface area is 179 Å². The van der Waals surface area contributed by atoms with Gasteiger partial charge in [-0.25, -0.2) is 0 Å². The Balaban J connectivity index is 1.49. The monoisotopic (exact) mass is 406 g/mol. The molecular weight excluding hydrogens is 372 g/mol. The fourth-order valence-electron chi connectivity index (χ4n) is 4.83. The third-order valence-corrected chi connectivity index (χ3v) is 6.92. The van der Waals surface area contributed by atoms with Crippen molar-refractivity contribution >= 4 is 11.4 Å². The van der Waals surface area contributed by atoms with Crippen molar-refractivity contribution in [1.29, 1.82) is 0 Å². The van der Waals surface area contributed by atoms with Gasteiger partial charge in [0.1, 0.15) is 12.4 Å². The van der Waals surface area contributed by atoms with Gasteiger partial charge in [0.15, 0.2) is 0 Å². The molecule has 0 radical (unpaired) electrons. The van der Waals surface area contributed by atoms with Gasteiger partial charge in [-0.05, 0) is 81.5 Å². The van der Waals surface area contributed by atoms with E-state index in [2.05, 4.69) is 48.0 Å². The molecule has 1 aromatic heterocycles. The summed E-state index contributed by atoms with van der Waals surface area (Å²) in [6, 6.07) is 9.78. The molecule has 160 valence electrons. The first-order chi connectivity index (χ1) is 14.6. The standard InChI is InChI=1S/C25H34N4O/c1-3-17-6-11-23(30-14-18-4-5-18)21(13-17)24-25-22(12-16(2)28-25)29(15-27-24)20-9-7-19(26)8-10-20/h6,11-13,18-20,28H,3-5,7-10,14-15,26H2,1-2H3. The summed E-state index contributed by atoms with van der Waals surface area (Å²) in [5.41, 5.74) is 13.2. The first kappa shape index (κ1) is 19.7. The number of ether oxygens (including phenoxy) is 1. The lowest BCUT2D eigenvalue weighted by Gasteiger charge is -2.38. The summed E-state index contributed by atoms with van der Waals surface area (Å²) < 4.78 is 6.27. The Kier molecular flexibility index (Phi) is 5.32. The third kappa shape index (κ3) is 3.87. The molecule has 30 heavy (non-hydrogen) atoms. The van der Waals surface area contributed by atoms with Gasteiger partial charge < -0.3 is 20.4 Å². The van der Waals surface area contributed by atoms with Crippen molar-refractivity contribution < 1.29 is 4.74 Å². The third-order valence-electron chi connectivity index (χ3n) is 6.92. The van der Waals surface area contributed by atoms with Crippen molar-refractivity contribution in [1.82, 2.24) is 4.98 Å². The molecule has 2 fully saturated rings. The van der Waals surface area contributed by atoms with Crippen LogP contribution >= 0.6 is 0 Å². The van der Waals surface area contributed by atoms with Crippen LogP contribution in [-0.2, 0) is 6.42 Å². The first-order valence-corrected chi connectivity index (χ1v) is 11.6. The number of benzene rings is 1. The largest absolute Gasteiger partial charge is 0.493 e. The molecule has 0 bridgehead atoms. The Hall–Kier alpha value is -2.27. The topological polar surface area (TPSA) is 66.6 Å². The van der Waals surface area contributed by atoms with Crippen LogP contribution in [0.3, 0.4) is 0 Å². The van der Waals surface area contributed by atoms with E-state index in [-0.39, 0.29) is 0 Å². The van der Waals surface area contributed by atoms with Crippen LogP contribution in [0, 0.1) is 12.8 Å². The second-order valence-corrected chi connectivity index (χ2v) is 9.34. The van der Waals surface area contributed by atoms with Crippen LogP contribution in [0.15, 0.2) is 29.3 Å². The first-order valence-electron chi connectivity index (χ1n) is 11.6. The quantitative estimate of drug-likeness (QED) is 0.739. The molecule has 2 aliphatic carbocycles. The molecule has 1 aliphatic heterocycles. The molecule has 0 spiro atoms. The predicted molar refractivity (Wildman–Crippen MR) is 123 cm³/mol. The van der Waals surface area contributed by atoms with Gasteiger partial charge in [-0.1, -0.05) is 13.0 Å². The van der Waals surface area contributed by atoms with Crippen molar-refractivity contribution in [3.05, 3.63) is 46.8 Å². The lowest BCUT2D eigenvalue weighted by molar-refractivity contribution is 0.299. The summed E-state index contributed by atoms with van der Waals surface area (Å²) >= 11 is 0. The zero-order chi connectivity index (χ0) is 20.7. The molecule has 0 unspecified atom stereocenters. The van der Waals surface area contributed by atoms with Gasteiger partial charge in [0.05, 0.1) is 23.7 Å². The molecule has 3 aliphatic rings. The van der Waals surface area contributed by atoms with E-state index >= 15 is 0 Å². The normalized spacial score (nSPS) is 23.8. The van der Waals surface area contributed by atoms with E-state index in [1.807, 2.05) is 0 Å². The molecule has 0 amide bonds. The highest BCUT2D eigenvalue weighted by Crippen LogP contribution is 2.37. The number of nitrogens with two attached hydrogens (primary N) is 1. The number of anilines is 1. The number of nitrogens with one attached hydrogen (secondary N) is 1. The van der Waals surface area contributed by atoms with Crippen molar-refractivity contribution in [2.45, 2.75) is 70.9 Å². The van der Waals surface area contributed by atoms with Crippen molar-refractivity contribution in [3.8, 4) is 5.75 Å². The second kappa shape index (κ2) is 8.10. The molecule has 2 saturated carbocycles. The predicted octanol–water partition coefficient (Wildman–Crippen LogP) is 4.56. The van der Waals surface area contributed by atoms with E-state index < -0.39 is 0 Å². The molecule has 5 nitrogen and oxygen atoms in total. The number of hydrogen-bond acceptors (Lipinski definition) is 4. The molecule has 5 rings (SSSR count). The molecule has 0 saturated heterocycles. The minimum Gasteiger partial charge on any atom is -0.493 e. The highest BCUT2D eigenvalue weighted by Gasteiger charge is 2.32. The van der Waals surface area contributed by atoms with E-state index in [9.17, 15) is 0 Å². The average Bonchev–Trinajstić information content (AvgIpc) is 3.51. The maximum absolute atomic E-state index is 6.27. The summed E-state index contributed by atoms with van der Waals surface area (Å²) in [4.78, 5) is 11.2.